The Labute approximate surface area is 248 Å². The van der Waals surface area contributed by atoms with Crippen molar-refractivity contribution in [3.8, 4) is 17.2 Å². The van der Waals surface area contributed by atoms with E-state index < -0.39 is 23.8 Å². The van der Waals surface area contributed by atoms with Gasteiger partial charge in [0.05, 0.1) is 24.8 Å². The number of aliphatic hydroxyl groups excluding tert-OH is 1. The number of amides is 1. The predicted octanol–water partition coefficient (Wildman–Crippen LogP) is 6.72. The molecule has 4 rings (SSSR count). The van der Waals surface area contributed by atoms with Crippen molar-refractivity contribution in [3.63, 3.8) is 0 Å². The monoisotopic (exact) mass is 602 g/mol. The summed E-state index contributed by atoms with van der Waals surface area (Å²) >= 11 is 12.0. The van der Waals surface area contributed by atoms with Gasteiger partial charge in [0.25, 0.3) is 0 Å². The summed E-state index contributed by atoms with van der Waals surface area (Å²) < 4.78 is 16.8. The second-order valence-electron chi connectivity index (χ2n) is 10.8. The number of aromatic nitrogens is 1. The largest absolute Gasteiger partial charge is 0.496 e. The van der Waals surface area contributed by atoms with Crippen LogP contribution in [0.1, 0.15) is 60.3 Å². The molecule has 0 spiro atoms. The molecule has 9 nitrogen and oxygen atoms in total. The smallest absolute Gasteiger partial charge is 0.410 e. The maximum absolute atomic E-state index is 13.4. The fourth-order valence-electron chi connectivity index (χ4n) is 4.70. The van der Waals surface area contributed by atoms with E-state index in [-0.39, 0.29) is 34.1 Å². The van der Waals surface area contributed by atoms with Gasteiger partial charge in [-0.15, -0.1) is 0 Å². The Kier molecular flexibility index (Phi) is 9.31. The molecule has 1 heterocycles. The molecule has 218 valence electrons. The molecule has 2 atom stereocenters. The third kappa shape index (κ3) is 7.61. The molecule has 0 saturated heterocycles. The van der Waals surface area contributed by atoms with Gasteiger partial charge in [0, 0.05) is 17.8 Å². The lowest BCUT2D eigenvalue weighted by molar-refractivity contribution is 0.00191. The summed E-state index contributed by atoms with van der Waals surface area (Å²) in [5.74, 6) is -0.0123. The van der Waals surface area contributed by atoms with E-state index in [4.69, 9.17) is 37.4 Å². The van der Waals surface area contributed by atoms with Crippen LogP contribution in [0.3, 0.4) is 0 Å². The number of halogens is 2. The summed E-state index contributed by atoms with van der Waals surface area (Å²) in [6.45, 7) is 5.33. The molecule has 0 bridgehead atoms. The molecule has 0 aliphatic heterocycles. The number of carbonyl (C=O) groups is 2. The highest BCUT2D eigenvalue weighted by Crippen LogP contribution is 2.33. The van der Waals surface area contributed by atoms with Gasteiger partial charge in [0.2, 0.25) is 0 Å². The van der Waals surface area contributed by atoms with Crippen molar-refractivity contribution in [1.82, 2.24) is 9.88 Å². The zero-order valence-corrected chi connectivity index (χ0v) is 24.7. The summed E-state index contributed by atoms with van der Waals surface area (Å²) in [4.78, 5) is 30.5. The first-order valence-corrected chi connectivity index (χ1v) is 13.8. The molecule has 1 aliphatic rings. The fraction of sp³-hybridized carbons (Fsp3) is 0.367. The predicted molar refractivity (Wildman–Crippen MR) is 154 cm³/mol. The maximum atomic E-state index is 13.4. The number of ether oxygens (including phenoxy) is 3. The fourth-order valence-corrected chi connectivity index (χ4v) is 4.98. The lowest BCUT2D eigenvalue weighted by Crippen LogP contribution is -2.47. The summed E-state index contributed by atoms with van der Waals surface area (Å²) in [5.41, 5.74) is 1.79. The number of hydrogen-bond acceptors (Lipinski definition) is 7. The molecule has 1 amide bonds. The highest BCUT2D eigenvalue weighted by Gasteiger charge is 2.33. The van der Waals surface area contributed by atoms with Crippen molar-refractivity contribution in [3.05, 3.63) is 81.1 Å². The van der Waals surface area contributed by atoms with Crippen LogP contribution in [0, 0.1) is 0 Å². The molecular weight excluding hydrogens is 571 g/mol. The Morgan fingerprint density at radius 3 is 2.46 bits per heavy atom. The van der Waals surface area contributed by atoms with E-state index in [0.29, 0.717) is 36.3 Å². The molecule has 0 saturated carbocycles. The topological polar surface area (TPSA) is 118 Å². The van der Waals surface area contributed by atoms with E-state index in [1.807, 2.05) is 18.2 Å². The Morgan fingerprint density at radius 1 is 1.10 bits per heavy atom. The number of benzene rings is 2. The van der Waals surface area contributed by atoms with Crippen molar-refractivity contribution in [2.75, 3.05) is 13.7 Å². The number of carbonyl (C=O) groups excluding carboxylic acids is 1. The molecule has 1 aromatic heterocycles. The van der Waals surface area contributed by atoms with Crippen LogP contribution in [0.2, 0.25) is 10.2 Å². The number of carboxylic acid groups (broad SMARTS) is 1. The van der Waals surface area contributed by atoms with Crippen LogP contribution in [0.25, 0.3) is 0 Å². The molecule has 3 aromatic rings. The van der Waals surface area contributed by atoms with Crippen LogP contribution in [-0.4, -0.2) is 57.5 Å². The first-order valence-electron chi connectivity index (χ1n) is 13.0. The minimum atomic E-state index is -1.12. The number of hydrogen-bond donors (Lipinski definition) is 2. The number of aliphatic hydroxyl groups is 1. The Hall–Kier alpha value is -3.53. The van der Waals surface area contributed by atoms with Crippen molar-refractivity contribution >= 4 is 35.3 Å². The normalized spacial score (nSPS) is 15.4. The molecule has 11 heteroatoms. The van der Waals surface area contributed by atoms with Gasteiger partial charge in [0.1, 0.15) is 33.6 Å². The average molecular weight is 603 g/mol. The van der Waals surface area contributed by atoms with Gasteiger partial charge in [-0.2, -0.15) is 0 Å². The van der Waals surface area contributed by atoms with Crippen LogP contribution in [0.15, 0.2) is 48.7 Å². The highest BCUT2D eigenvalue weighted by atomic mass is 35.5. The van der Waals surface area contributed by atoms with E-state index in [1.54, 1.807) is 37.8 Å². The Morgan fingerprint density at radius 2 is 1.80 bits per heavy atom. The Bertz CT molecular complexity index is 1440. The quantitative estimate of drug-likeness (QED) is 0.273. The van der Waals surface area contributed by atoms with E-state index in [2.05, 4.69) is 4.98 Å². The van der Waals surface area contributed by atoms with Crippen LogP contribution >= 0.6 is 23.2 Å². The number of pyridine rings is 1. The molecule has 0 unspecified atom stereocenters. The molecule has 1 aliphatic carbocycles. The molecule has 2 aromatic carbocycles. The standard InChI is InChI=1S/C30H32Cl2N2O7/c1-30(2,3)41-29(38)34(16-25(35)19-13-24(31)27(32)33-15-19)20-7-5-17-6-8-21(12-18(17)11-20)40-22-9-10-26(39-4)23(14-22)28(36)37/h6,8-10,12-15,20,25,35H,5,7,11,16H2,1-4H3,(H,36,37)/t20-,25+/m0/s1. The molecule has 0 radical (unpaired) electrons. The van der Waals surface area contributed by atoms with Gasteiger partial charge < -0.3 is 29.3 Å². The number of fused-ring (bicyclic) bond motifs is 1. The van der Waals surface area contributed by atoms with Crippen molar-refractivity contribution in [2.24, 2.45) is 0 Å². The first kappa shape index (κ1) is 30.4. The molecule has 2 N–H and O–H groups in total. The van der Waals surface area contributed by atoms with Crippen LogP contribution < -0.4 is 9.47 Å². The second kappa shape index (κ2) is 12.5. The zero-order chi connectivity index (χ0) is 29.9. The SMILES string of the molecule is COc1ccc(Oc2ccc3c(c2)C[C@@H](N(C[C@@H](O)c2cnc(Cl)c(Cl)c2)C(=O)OC(C)(C)C)CC3)cc1C(=O)O. The van der Waals surface area contributed by atoms with Crippen LogP contribution in [-0.2, 0) is 17.6 Å². The van der Waals surface area contributed by atoms with Crippen LogP contribution in [0.5, 0.6) is 17.2 Å². The third-order valence-electron chi connectivity index (χ3n) is 6.66. The van der Waals surface area contributed by atoms with Gasteiger partial charge in [-0.1, -0.05) is 29.3 Å². The van der Waals surface area contributed by atoms with Crippen molar-refractivity contribution in [1.29, 1.82) is 0 Å². The molecule has 41 heavy (non-hydrogen) atoms. The van der Waals surface area contributed by atoms with Gasteiger partial charge in [0.15, 0.2) is 0 Å². The maximum Gasteiger partial charge on any atom is 0.410 e. The zero-order valence-electron chi connectivity index (χ0n) is 23.2. The summed E-state index contributed by atoms with van der Waals surface area (Å²) in [7, 11) is 1.41. The van der Waals surface area contributed by atoms with Gasteiger partial charge in [-0.25, -0.2) is 14.6 Å². The summed E-state index contributed by atoms with van der Waals surface area (Å²) in [6, 6.07) is 11.5. The number of aryl methyl sites for hydroxylation is 1. The van der Waals surface area contributed by atoms with Gasteiger partial charge in [-0.05, 0) is 87.6 Å². The number of carboxylic acids is 1. The lowest BCUT2D eigenvalue weighted by atomic mass is 9.87. The van der Waals surface area contributed by atoms with E-state index in [0.717, 1.165) is 11.1 Å². The minimum absolute atomic E-state index is 0.00763. The number of rotatable bonds is 8. The first-order chi connectivity index (χ1) is 19.3. The highest BCUT2D eigenvalue weighted by molar-refractivity contribution is 6.41. The Balaban J connectivity index is 1.57. The number of methoxy groups -OCH3 is 1. The molecule has 0 fully saturated rings. The summed E-state index contributed by atoms with van der Waals surface area (Å²) in [6.07, 6.45) is 1.70. The summed E-state index contributed by atoms with van der Waals surface area (Å²) in [5, 5.41) is 20.8. The molecular formula is C30H32Cl2N2O7. The third-order valence-corrected chi connectivity index (χ3v) is 7.34. The van der Waals surface area contributed by atoms with E-state index in [1.165, 1.54) is 25.4 Å². The van der Waals surface area contributed by atoms with E-state index in [9.17, 15) is 19.8 Å². The number of nitrogens with zero attached hydrogens (tertiary/aromatic N) is 2. The average Bonchev–Trinajstić information content (AvgIpc) is 2.91. The lowest BCUT2D eigenvalue weighted by Gasteiger charge is -2.37. The number of aromatic carboxylic acids is 1. The second-order valence-corrected chi connectivity index (χ2v) is 11.6. The minimum Gasteiger partial charge on any atom is -0.496 e. The van der Waals surface area contributed by atoms with Crippen LogP contribution in [0.4, 0.5) is 4.79 Å². The van der Waals surface area contributed by atoms with Crippen molar-refractivity contribution in [2.45, 2.75) is 57.8 Å². The van der Waals surface area contributed by atoms with Gasteiger partial charge in [-0.3, -0.25) is 0 Å². The van der Waals surface area contributed by atoms with Crippen molar-refractivity contribution < 1.29 is 34.0 Å². The van der Waals surface area contributed by atoms with Gasteiger partial charge >= 0.3 is 12.1 Å². The van der Waals surface area contributed by atoms with E-state index >= 15 is 0 Å².